The van der Waals surface area contributed by atoms with Gasteiger partial charge in [0.1, 0.15) is 0 Å². The largest absolute Gasteiger partial charge is 0.309 e. The summed E-state index contributed by atoms with van der Waals surface area (Å²) >= 11 is 0. The minimum Gasteiger partial charge on any atom is -0.309 e. The highest BCUT2D eigenvalue weighted by Gasteiger charge is 1.91. The molecule has 0 aliphatic heterocycles. The molecule has 0 fully saturated rings. The van der Waals surface area contributed by atoms with E-state index in [1.165, 1.54) is 45.1 Å². The van der Waals surface area contributed by atoms with Crippen LogP contribution in [0.2, 0.25) is 0 Å². The van der Waals surface area contributed by atoms with Gasteiger partial charge in [0, 0.05) is 0 Å². The fourth-order valence-corrected chi connectivity index (χ4v) is 1.24. The zero-order valence-electron chi connectivity index (χ0n) is 8.97. The summed E-state index contributed by atoms with van der Waals surface area (Å²) in [6, 6.07) is 0. The molecular weight excluding hydrogens is 146 g/mol. The third-order valence-electron chi connectivity index (χ3n) is 2.01. The molecule has 0 amide bonds. The molecule has 1 heteroatoms. The Morgan fingerprint density at radius 3 is 2.33 bits per heavy atom. The van der Waals surface area contributed by atoms with Crippen LogP contribution in [0.4, 0.5) is 0 Å². The topological polar surface area (TPSA) is 3.24 Å². The lowest BCUT2D eigenvalue weighted by atomic mass is 10.1. The van der Waals surface area contributed by atoms with Crippen LogP contribution in [0, 0.1) is 6.42 Å². The molecule has 0 heterocycles. The van der Waals surface area contributed by atoms with Crippen LogP contribution in [0.25, 0.3) is 0 Å². The van der Waals surface area contributed by atoms with Gasteiger partial charge in [-0.15, -0.1) is 0 Å². The minimum atomic E-state index is 1.24. The van der Waals surface area contributed by atoms with Gasteiger partial charge in [0.25, 0.3) is 0 Å². The van der Waals surface area contributed by atoms with Crippen LogP contribution in [0.3, 0.4) is 0 Å². The van der Waals surface area contributed by atoms with Crippen LogP contribution >= 0.6 is 0 Å². The average molecular weight is 170 g/mol. The van der Waals surface area contributed by atoms with Crippen molar-refractivity contribution in [1.29, 1.82) is 0 Å². The summed E-state index contributed by atoms with van der Waals surface area (Å²) in [5.41, 5.74) is 0. The maximum Gasteiger partial charge on any atom is -0.00248 e. The molecule has 0 aliphatic carbocycles. The SMILES string of the molecule is CCC[CH]CCCCCN(C)C. The van der Waals surface area contributed by atoms with E-state index >= 15 is 0 Å². The van der Waals surface area contributed by atoms with Crippen molar-refractivity contribution in [3.05, 3.63) is 6.42 Å². The second-order valence-corrected chi connectivity index (χ2v) is 3.73. The van der Waals surface area contributed by atoms with Gasteiger partial charge in [-0.2, -0.15) is 0 Å². The van der Waals surface area contributed by atoms with E-state index in [1.807, 2.05) is 0 Å². The maximum absolute atomic E-state index is 2.43. The molecule has 0 aliphatic rings. The molecule has 0 saturated carbocycles. The minimum absolute atomic E-state index is 1.24. The molecule has 0 unspecified atom stereocenters. The second-order valence-electron chi connectivity index (χ2n) is 3.73. The highest BCUT2D eigenvalue weighted by atomic mass is 15.0. The third kappa shape index (κ3) is 9.96. The fraction of sp³-hybridized carbons (Fsp3) is 0.909. The van der Waals surface area contributed by atoms with Gasteiger partial charge in [-0.3, -0.25) is 0 Å². The number of unbranched alkanes of at least 4 members (excludes halogenated alkanes) is 6. The van der Waals surface area contributed by atoms with E-state index in [9.17, 15) is 0 Å². The van der Waals surface area contributed by atoms with Crippen molar-refractivity contribution in [1.82, 2.24) is 4.90 Å². The van der Waals surface area contributed by atoms with Crippen molar-refractivity contribution in [2.24, 2.45) is 0 Å². The highest BCUT2D eigenvalue weighted by molar-refractivity contribution is 4.63. The molecule has 0 aromatic carbocycles. The van der Waals surface area contributed by atoms with Crippen molar-refractivity contribution in [3.8, 4) is 0 Å². The van der Waals surface area contributed by atoms with Gasteiger partial charge in [-0.25, -0.2) is 0 Å². The molecule has 1 nitrogen and oxygen atoms in total. The highest BCUT2D eigenvalue weighted by Crippen LogP contribution is 2.05. The first-order valence-electron chi connectivity index (χ1n) is 5.23. The van der Waals surface area contributed by atoms with E-state index in [0.717, 1.165) is 0 Å². The molecule has 0 N–H and O–H groups in total. The Labute approximate surface area is 78.1 Å². The first-order chi connectivity index (χ1) is 5.77. The van der Waals surface area contributed by atoms with Crippen LogP contribution in [0.15, 0.2) is 0 Å². The van der Waals surface area contributed by atoms with Crippen molar-refractivity contribution >= 4 is 0 Å². The Hall–Kier alpha value is -0.0400. The van der Waals surface area contributed by atoms with Gasteiger partial charge in [-0.05, 0) is 33.5 Å². The van der Waals surface area contributed by atoms with Crippen LogP contribution in [-0.2, 0) is 0 Å². The van der Waals surface area contributed by atoms with Crippen molar-refractivity contribution in [2.75, 3.05) is 20.6 Å². The summed E-state index contributed by atoms with van der Waals surface area (Å²) in [7, 11) is 4.28. The Morgan fingerprint density at radius 2 is 1.75 bits per heavy atom. The van der Waals surface area contributed by atoms with E-state index in [-0.39, 0.29) is 0 Å². The zero-order chi connectivity index (χ0) is 9.23. The zero-order valence-corrected chi connectivity index (χ0v) is 8.97. The van der Waals surface area contributed by atoms with Gasteiger partial charge in [0.15, 0.2) is 0 Å². The molecule has 0 rings (SSSR count). The molecule has 1 radical (unpaired) electrons. The van der Waals surface area contributed by atoms with E-state index < -0.39 is 0 Å². The van der Waals surface area contributed by atoms with E-state index in [0.29, 0.717) is 0 Å². The number of nitrogens with zero attached hydrogens (tertiary/aromatic N) is 1. The molecule has 73 valence electrons. The molecule has 0 spiro atoms. The molecular formula is C11H24N. The lowest BCUT2D eigenvalue weighted by Crippen LogP contribution is -2.12. The number of rotatable bonds is 8. The third-order valence-corrected chi connectivity index (χ3v) is 2.01. The monoisotopic (exact) mass is 170 g/mol. The van der Waals surface area contributed by atoms with Crippen LogP contribution in [0.5, 0.6) is 0 Å². The lowest BCUT2D eigenvalue weighted by Gasteiger charge is -2.08. The second kappa shape index (κ2) is 9.05. The molecule has 12 heavy (non-hydrogen) atoms. The number of hydrogen-bond donors (Lipinski definition) is 0. The average Bonchev–Trinajstić information content (AvgIpc) is 2.02. The first kappa shape index (κ1) is 12.0. The smallest absolute Gasteiger partial charge is 0.00248 e. The standard InChI is InChI=1S/C11H24N/c1-4-5-6-7-8-9-10-11-12(2)3/h6H,4-5,7-11H2,1-3H3. The molecule has 0 bridgehead atoms. The van der Waals surface area contributed by atoms with Crippen LogP contribution < -0.4 is 0 Å². The Morgan fingerprint density at radius 1 is 1.00 bits per heavy atom. The van der Waals surface area contributed by atoms with Gasteiger partial charge in [0.05, 0.1) is 0 Å². The van der Waals surface area contributed by atoms with E-state index in [2.05, 4.69) is 32.3 Å². The molecule has 0 aromatic rings. The number of hydrogen-bond acceptors (Lipinski definition) is 1. The normalized spacial score (nSPS) is 11.0. The van der Waals surface area contributed by atoms with Gasteiger partial charge in [0.2, 0.25) is 0 Å². The summed E-state index contributed by atoms with van der Waals surface area (Å²) in [5, 5.41) is 0. The predicted octanol–water partition coefficient (Wildman–Crippen LogP) is 3.11. The Kier molecular flexibility index (Phi) is 9.02. The summed E-state index contributed by atoms with van der Waals surface area (Å²) in [6.45, 7) is 3.48. The maximum atomic E-state index is 2.43. The van der Waals surface area contributed by atoms with Crippen molar-refractivity contribution < 1.29 is 0 Å². The van der Waals surface area contributed by atoms with Gasteiger partial charge < -0.3 is 4.90 Å². The van der Waals surface area contributed by atoms with Gasteiger partial charge in [-0.1, -0.05) is 39.0 Å². The molecule has 0 aromatic heterocycles. The lowest BCUT2D eigenvalue weighted by molar-refractivity contribution is 0.391. The van der Waals surface area contributed by atoms with Crippen LogP contribution in [0.1, 0.15) is 45.4 Å². The van der Waals surface area contributed by atoms with Crippen molar-refractivity contribution in [2.45, 2.75) is 45.4 Å². The molecule has 0 atom stereocenters. The summed E-state index contributed by atoms with van der Waals surface area (Å²) in [4.78, 5) is 2.26. The Bertz CT molecular complexity index is 79.1. The first-order valence-corrected chi connectivity index (χ1v) is 5.23. The van der Waals surface area contributed by atoms with Gasteiger partial charge >= 0.3 is 0 Å². The fourth-order valence-electron chi connectivity index (χ4n) is 1.24. The summed E-state index contributed by atoms with van der Waals surface area (Å²) in [6.07, 6.45) is 10.5. The summed E-state index contributed by atoms with van der Waals surface area (Å²) in [5.74, 6) is 0. The van der Waals surface area contributed by atoms with E-state index in [1.54, 1.807) is 0 Å². The van der Waals surface area contributed by atoms with E-state index in [4.69, 9.17) is 0 Å². The summed E-state index contributed by atoms with van der Waals surface area (Å²) < 4.78 is 0. The quantitative estimate of drug-likeness (QED) is 0.506. The van der Waals surface area contributed by atoms with Crippen LogP contribution in [-0.4, -0.2) is 25.5 Å². The van der Waals surface area contributed by atoms with Crippen molar-refractivity contribution in [3.63, 3.8) is 0 Å². The Balaban J connectivity index is 2.82. The predicted molar refractivity (Wildman–Crippen MR) is 56.2 cm³/mol. The molecule has 0 saturated heterocycles.